The molecule has 0 unspecified atom stereocenters. The number of likely N-dealkylation sites (tertiary alicyclic amines) is 1. The number of rotatable bonds is 6. The maximum atomic E-state index is 13.2. The summed E-state index contributed by atoms with van der Waals surface area (Å²) in [6, 6.07) is 5.15. The third kappa shape index (κ3) is 5.92. The van der Waals surface area contributed by atoms with Crippen LogP contribution in [0.15, 0.2) is 23.2 Å². The number of ether oxygens (including phenoxy) is 1. The van der Waals surface area contributed by atoms with Gasteiger partial charge in [0.2, 0.25) is 11.8 Å². The van der Waals surface area contributed by atoms with Gasteiger partial charge in [-0.15, -0.1) is 13.2 Å². The van der Waals surface area contributed by atoms with Gasteiger partial charge in [-0.05, 0) is 50.3 Å². The molecule has 1 N–H and O–H groups in total. The molecule has 1 aromatic rings. The molecular formula is C23H25F3N4O4. The molecule has 1 aliphatic carbocycles. The number of halogens is 3. The van der Waals surface area contributed by atoms with E-state index in [0.717, 1.165) is 18.7 Å². The molecule has 0 radical (unpaired) electrons. The molecule has 3 amide bonds. The molecule has 1 saturated carbocycles. The summed E-state index contributed by atoms with van der Waals surface area (Å²) in [5.74, 6) is -2.24. The predicted octanol–water partition coefficient (Wildman–Crippen LogP) is 3.09. The third-order valence-corrected chi connectivity index (χ3v) is 6.07. The van der Waals surface area contributed by atoms with E-state index >= 15 is 0 Å². The van der Waals surface area contributed by atoms with Crippen LogP contribution in [0.3, 0.4) is 0 Å². The summed E-state index contributed by atoms with van der Waals surface area (Å²) in [5, 5.41) is 11.7. The van der Waals surface area contributed by atoms with Gasteiger partial charge in [-0.3, -0.25) is 14.4 Å². The number of nitriles is 1. The Morgan fingerprint density at radius 3 is 2.65 bits per heavy atom. The Bertz CT molecular complexity index is 1030. The minimum atomic E-state index is -4.98. The first kappa shape index (κ1) is 25.2. The van der Waals surface area contributed by atoms with Gasteiger partial charge in [-0.2, -0.15) is 5.26 Å². The van der Waals surface area contributed by atoms with Gasteiger partial charge in [0.25, 0.3) is 5.91 Å². The molecule has 0 spiro atoms. The number of carbonyl (C=O) groups is 3. The highest BCUT2D eigenvalue weighted by atomic mass is 19.4. The highest BCUT2D eigenvalue weighted by molar-refractivity contribution is 5.96. The van der Waals surface area contributed by atoms with Gasteiger partial charge in [0.05, 0.1) is 17.6 Å². The van der Waals surface area contributed by atoms with Crippen molar-refractivity contribution in [2.75, 3.05) is 13.1 Å². The van der Waals surface area contributed by atoms with Gasteiger partial charge in [0, 0.05) is 31.3 Å². The molecule has 1 aliphatic heterocycles. The van der Waals surface area contributed by atoms with Crippen LogP contribution in [-0.4, -0.2) is 53.8 Å². The zero-order valence-electron chi connectivity index (χ0n) is 18.7. The van der Waals surface area contributed by atoms with Crippen LogP contribution >= 0.6 is 0 Å². The first-order chi connectivity index (χ1) is 16.1. The zero-order valence-corrected chi connectivity index (χ0v) is 18.7. The summed E-state index contributed by atoms with van der Waals surface area (Å²) < 4.78 is 42.1. The molecule has 2 aliphatic rings. The third-order valence-electron chi connectivity index (χ3n) is 6.07. The lowest BCUT2D eigenvalue weighted by Crippen LogP contribution is -2.64. The van der Waals surface area contributed by atoms with Gasteiger partial charge in [-0.1, -0.05) is 6.92 Å². The Balaban J connectivity index is 1.71. The van der Waals surface area contributed by atoms with Crippen LogP contribution in [0.5, 0.6) is 5.75 Å². The highest BCUT2D eigenvalue weighted by Crippen LogP contribution is 2.35. The van der Waals surface area contributed by atoms with E-state index in [4.69, 9.17) is 5.26 Å². The maximum Gasteiger partial charge on any atom is 0.573 e. The number of hydrogen-bond donors (Lipinski definition) is 1. The summed E-state index contributed by atoms with van der Waals surface area (Å²) in [4.78, 5) is 43.1. The summed E-state index contributed by atoms with van der Waals surface area (Å²) in [5.41, 5.74) is -1.07. The standard InChI is InChI=1S/C23H25F3N4O4/c1-2-19(31)29-22(8-4-9-22)21(33)30-10-3-5-17(14-30)20(32)28-13-16-7-6-15(12-27)11-18(16)34-23(24,25)26/h6-7,11,13,17H,2-5,8-10,14H2,1H3,(H,29,31)/t17-/m1/s1. The smallest absolute Gasteiger partial charge is 0.405 e. The second-order valence-electron chi connectivity index (χ2n) is 8.44. The van der Waals surface area contributed by atoms with Crippen molar-refractivity contribution in [1.29, 1.82) is 5.26 Å². The number of benzene rings is 1. The zero-order chi connectivity index (χ0) is 24.9. The molecule has 2 fully saturated rings. The first-order valence-corrected chi connectivity index (χ1v) is 11.0. The number of nitrogens with zero attached hydrogens (tertiary/aromatic N) is 3. The lowest BCUT2D eigenvalue weighted by atomic mass is 9.75. The number of alkyl halides is 3. The molecule has 1 heterocycles. The molecule has 34 heavy (non-hydrogen) atoms. The number of hydrogen-bond acceptors (Lipinski definition) is 5. The lowest BCUT2D eigenvalue weighted by molar-refractivity contribution is -0.274. The SMILES string of the molecule is CCC(=O)NC1(C(=O)N2CCC[C@@H](C(=O)N=Cc3ccc(C#N)cc3OC(F)(F)F)C2)CCC1. The maximum absolute atomic E-state index is 13.2. The Morgan fingerprint density at radius 1 is 1.32 bits per heavy atom. The number of amides is 3. The molecule has 0 bridgehead atoms. The molecule has 182 valence electrons. The normalized spacial score (nSPS) is 19.7. The fourth-order valence-corrected chi connectivity index (χ4v) is 4.11. The predicted molar refractivity (Wildman–Crippen MR) is 115 cm³/mol. The second-order valence-corrected chi connectivity index (χ2v) is 8.44. The topological polar surface area (TPSA) is 112 Å². The van der Waals surface area contributed by atoms with Gasteiger partial charge in [-0.25, -0.2) is 4.99 Å². The van der Waals surface area contributed by atoms with Gasteiger partial charge < -0.3 is 15.0 Å². The van der Waals surface area contributed by atoms with Crippen LogP contribution in [0, 0.1) is 17.2 Å². The second kappa shape index (κ2) is 10.2. The van der Waals surface area contributed by atoms with Crippen LogP contribution in [0.4, 0.5) is 13.2 Å². The Morgan fingerprint density at radius 2 is 2.06 bits per heavy atom. The van der Waals surface area contributed by atoms with E-state index in [0.29, 0.717) is 32.2 Å². The van der Waals surface area contributed by atoms with Crippen molar-refractivity contribution in [3.05, 3.63) is 29.3 Å². The molecule has 1 saturated heterocycles. The van der Waals surface area contributed by atoms with Crippen molar-refractivity contribution in [3.63, 3.8) is 0 Å². The minimum absolute atomic E-state index is 0.0377. The fourth-order valence-electron chi connectivity index (χ4n) is 4.11. The highest BCUT2D eigenvalue weighted by Gasteiger charge is 2.48. The summed E-state index contributed by atoms with van der Waals surface area (Å²) >= 11 is 0. The van der Waals surface area contributed by atoms with Crippen LogP contribution in [0.25, 0.3) is 0 Å². The molecule has 1 aromatic carbocycles. The Labute approximate surface area is 194 Å². The van der Waals surface area contributed by atoms with E-state index in [9.17, 15) is 27.6 Å². The van der Waals surface area contributed by atoms with E-state index in [-0.39, 0.29) is 35.9 Å². The average molecular weight is 478 g/mol. The number of nitrogens with one attached hydrogen (secondary N) is 1. The molecule has 3 rings (SSSR count). The number of aliphatic imine (C=N–C) groups is 1. The number of piperidine rings is 1. The van der Waals surface area contributed by atoms with Crippen molar-refractivity contribution < 1.29 is 32.3 Å². The Kier molecular flexibility index (Phi) is 7.59. The molecule has 11 heteroatoms. The quantitative estimate of drug-likeness (QED) is 0.632. The molecule has 1 atom stereocenters. The fraction of sp³-hybridized carbons (Fsp3) is 0.522. The van der Waals surface area contributed by atoms with E-state index in [1.165, 1.54) is 12.1 Å². The van der Waals surface area contributed by atoms with Crippen LogP contribution in [0.2, 0.25) is 0 Å². The summed E-state index contributed by atoms with van der Waals surface area (Å²) in [6.07, 6.45) is -0.779. The van der Waals surface area contributed by atoms with Crippen molar-refractivity contribution >= 4 is 23.9 Å². The first-order valence-electron chi connectivity index (χ1n) is 11.0. The van der Waals surface area contributed by atoms with Gasteiger partial charge in [0.1, 0.15) is 11.3 Å². The molecular weight excluding hydrogens is 453 g/mol. The van der Waals surface area contributed by atoms with Gasteiger partial charge in [0.15, 0.2) is 0 Å². The molecule has 8 nitrogen and oxygen atoms in total. The summed E-state index contributed by atoms with van der Waals surface area (Å²) in [7, 11) is 0. The lowest BCUT2D eigenvalue weighted by Gasteiger charge is -2.45. The molecule has 0 aromatic heterocycles. The Hall–Kier alpha value is -3.42. The van der Waals surface area contributed by atoms with E-state index in [1.807, 2.05) is 0 Å². The average Bonchev–Trinajstić information content (AvgIpc) is 2.78. The van der Waals surface area contributed by atoms with Crippen molar-refractivity contribution in [1.82, 2.24) is 10.2 Å². The number of carbonyl (C=O) groups excluding carboxylic acids is 3. The summed E-state index contributed by atoms with van der Waals surface area (Å²) in [6.45, 7) is 2.28. The minimum Gasteiger partial charge on any atom is -0.405 e. The largest absolute Gasteiger partial charge is 0.573 e. The van der Waals surface area contributed by atoms with E-state index in [2.05, 4.69) is 15.0 Å². The van der Waals surface area contributed by atoms with Gasteiger partial charge >= 0.3 is 6.36 Å². The van der Waals surface area contributed by atoms with Crippen LogP contribution in [-0.2, 0) is 14.4 Å². The van der Waals surface area contributed by atoms with Crippen LogP contribution in [0.1, 0.15) is 56.6 Å². The van der Waals surface area contributed by atoms with Crippen LogP contribution < -0.4 is 10.1 Å². The van der Waals surface area contributed by atoms with E-state index in [1.54, 1.807) is 17.9 Å². The van der Waals surface area contributed by atoms with Crippen molar-refractivity contribution in [2.24, 2.45) is 10.9 Å². The van der Waals surface area contributed by atoms with E-state index < -0.39 is 29.5 Å². The van der Waals surface area contributed by atoms with Crippen molar-refractivity contribution in [2.45, 2.75) is 57.3 Å². The monoisotopic (exact) mass is 478 g/mol. The van der Waals surface area contributed by atoms with Crippen molar-refractivity contribution in [3.8, 4) is 11.8 Å².